The van der Waals surface area contributed by atoms with Crippen molar-refractivity contribution in [2.75, 3.05) is 0 Å². The molecule has 0 unspecified atom stereocenters. The molecule has 0 radical (unpaired) electrons. The van der Waals surface area contributed by atoms with Crippen LogP contribution in [0.1, 0.15) is 64.2 Å². The van der Waals surface area contributed by atoms with E-state index < -0.39 is 3.79 Å². The maximum absolute atomic E-state index is 5.86. The molecule has 15 heavy (non-hydrogen) atoms. The molecule has 1 aliphatic carbocycles. The predicted molar refractivity (Wildman–Crippen MR) is 70.0 cm³/mol. The van der Waals surface area contributed by atoms with Crippen molar-refractivity contribution in [1.82, 2.24) is 0 Å². The number of alkyl halides is 3. The van der Waals surface area contributed by atoms with E-state index in [0.717, 1.165) is 6.42 Å². The molecule has 0 saturated heterocycles. The van der Waals surface area contributed by atoms with Gasteiger partial charge in [-0.25, -0.2) is 0 Å². The van der Waals surface area contributed by atoms with E-state index in [9.17, 15) is 0 Å². The monoisotopic (exact) mass is 270 g/mol. The Labute approximate surface area is 109 Å². The summed E-state index contributed by atoms with van der Waals surface area (Å²) in [4.78, 5) is 0. The van der Waals surface area contributed by atoms with Crippen LogP contribution in [-0.2, 0) is 0 Å². The fourth-order valence-electron chi connectivity index (χ4n) is 2.43. The Hall–Kier alpha value is 0.870. The molecule has 1 saturated carbocycles. The highest BCUT2D eigenvalue weighted by Gasteiger charge is 2.25. The number of hydrogen-bond donors (Lipinski definition) is 0. The van der Waals surface area contributed by atoms with Crippen molar-refractivity contribution in [1.29, 1.82) is 0 Å². The zero-order valence-electron chi connectivity index (χ0n) is 9.28. The van der Waals surface area contributed by atoms with Crippen LogP contribution >= 0.6 is 34.8 Å². The first-order chi connectivity index (χ1) is 7.08. The largest absolute Gasteiger partial charge is 0.190 e. The van der Waals surface area contributed by atoms with E-state index in [1.54, 1.807) is 0 Å². The predicted octanol–water partition coefficient (Wildman–Crippen LogP) is 5.89. The first kappa shape index (κ1) is 13.9. The summed E-state index contributed by atoms with van der Waals surface area (Å²) in [5.41, 5.74) is 0. The van der Waals surface area contributed by atoms with Crippen molar-refractivity contribution in [2.24, 2.45) is 5.92 Å². The van der Waals surface area contributed by atoms with Gasteiger partial charge >= 0.3 is 0 Å². The molecule has 90 valence electrons. The lowest BCUT2D eigenvalue weighted by Crippen LogP contribution is -2.12. The molecule has 0 aromatic heterocycles. The molecule has 1 rings (SSSR count). The fraction of sp³-hybridized carbons (Fsp3) is 1.00. The lowest BCUT2D eigenvalue weighted by atomic mass is 9.90. The third-order valence-electron chi connectivity index (χ3n) is 3.24. The van der Waals surface area contributed by atoms with Gasteiger partial charge in [0.2, 0.25) is 0 Å². The third kappa shape index (κ3) is 7.71. The summed E-state index contributed by atoms with van der Waals surface area (Å²) in [5.74, 6) is 0.621. The van der Waals surface area contributed by atoms with E-state index in [0.29, 0.717) is 5.92 Å². The number of hydrogen-bond acceptors (Lipinski definition) is 0. The topological polar surface area (TPSA) is 0 Å². The molecular formula is C12H21Cl3. The van der Waals surface area contributed by atoms with Crippen LogP contribution in [0, 0.1) is 5.92 Å². The van der Waals surface area contributed by atoms with Crippen molar-refractivity contribution in [3.05, 3.63) is 0 Å². The van der Waals surface area contributed by atoms with E-state index in [-0.39, 0.29) is 0 Å². The van der Waals surface area contributed by atoms with Gasteiger partial charge < -0.3 is 0 Å². The van der Waals surface area contributed by atoms with Gasteiger partial charge in [-0.2, -0.15) is 0 Å². The lowest BCUT2D eigenvalue weighted by Gasteiger charge is -2.22. The summed E-state index contributed by atoms with van der Waals surface area (Å²) in [6.45, 7) is 0. The highest BCUT2D eigenvalue weighted by atomic mass is 35.6. The molecule has 1 aliphatic rings. The van der Waals surface area contributed by atoms with Gasteiger partial charge in [0.05, 0.1) is 0 Å². The Balaban J connectivity index is 2.31. The van der Waals surface area contributed by atoms with E-state index in [1.165, 1.54) is 57.8 Å². The maximum atomic E-state index is 5.86. The van der Waals surface area contributed by atoms with Crippen LogP contribution in [0.2, 0.25) is 0 Å². The van der Waals surface area contributed by atoms with Crippen molar-refractivity contribution in [3.63, 3.8) is 0 Å². The molecular weight excluding hydrogens is 250 g/mol. The number of halogens is 3. The molecule has 0 spiro atoms. The molecule has 0 nitrogen and oxygen atoms in total. The summed E-state index contributed by atoms with van der Waals surface area (Å²) >= 11 is 17.6. The molecule has 0 N–H and O–H groups in total. The maximum Gasteiger partial charge on any atom is 0.190 e. The molecule has 0 aromatic rings. The normalized spacial score (nSPS) is 22.6. The quantitative estimate of drug-likeness (QED) is 0.522. The van der Waals surface area contributed by atoms with E-state index >= 15 is 0 Å². The first-order valence-electron chi connectivity index (χ1n) is 6.15. The van der Waals surface area contributed by atoms with Gasteiger partial charge in [-0.3, -0.25) is 0 Å². The van der Waals surface area contributed by atoms with Crippen LogP contribution < -0.4 is 0 Å². The average molecular weight is 272 g/mol. The Kier molecular flexibility index (Phi) is 6.73. The van der Waals surface area contributed by atoms with E-state index in [2.05, 4.69) is 0 Å². The molecule has 1 fully saturated rings. The summed E-state index contributed by atoms with van der Waals surface area (Å²) in [6, 6.07) is 0. The molecule has 0 aliphatic heterocycles. The van der Waals surface area contributed by atoms with Gasteiger partial charge in [-0.15, -0.1) is 0 Å². The molecule has 3 heteroatoms. The summed E-state index contributed by atoms with van der Waals surface area (Å²) in [5, 5.41) is 0. The Morgan fingerprint density at radius 3 is 1.53 bits per heavy atom. The van der Waals surface area contributed by atoms with E-state index in [4.69, 9.17) is 34.8 Å². The van der Waals surface area contributed by atoms with Crippen molar-refractivity contribution >= 4 is 34.8 Å². The Bertz CT molecular complexity index is 153. The molecule has 0 atom stereocenters. The molecule has 0 aromatic carbocycles. The number of rotatable bonds is 1. The van der Waals surface area contributed by atoms with Gasteiger partial charge in [0.1, 0.15) is 0 Å². The second kappa shape index (κ2) is 7.25. The SMILES string of the molecule is ClC(Cl)(Cl)CC1CCCCCCCCC1. The van der Waals surface area contributed by atoms with E-state index in [1.807, 2.05) is 0 Å². The second-order valence-electron chi connectivity index (χ2n) is 4.74. The summed E-state index contributed by atoms with van der Waals surface area (Å²) < 4.78 is -1.05. The first-order valence-corrected chi connectivity index (χ1v) is 7.28. The van der Waals surface area contributed by atoms with Gasteiger partial charge in [0, 0.05) is 0 Å². The van der Waals surface area contributed by atoms with Gasteiger partial charge in [0.25, 0.3) is 0 Å². The second-order valence-corrected chi connectivity index (χ2v) is 7.25. The molecule has 0 heterocycles. The van der Waals surface area contributed by atoms with Gasteiger partial charge in [-0.05, 0) is 12.3 Å². The Morgan fingerprint density at radius 2 is 1.13 bits per heavy atom. The third-order valence-corrected chi connectivity index (χ3v) is 3.71. The minimum atomic E-state index is -1.05. The zero-order valence-corrected chi connectivity index (χ0v) is 11.6. The van der Waals surface area contributed by atoms with Crippen LogP contribution in [0.5, 0.6) is 0 Å². The van der Waals surface area contributed by atoms with Crippen LogP contribution in [0.15, 0.2) is 0 Å². The fourth-order valence-corrected chi connectivity index (χ4v) is 3.08. The minimum absolute atomic E-state index is 0.621. The van der Waals surface area contributed by atoms with Crippen molar-refractivity contribution < 1.29 is 0 Å². The van der Waals surface area contributed by atoms with Crippen molar-refractivity contribution in [3.8, 4) is 0 Å². The smallest absolute Gasteiger partial charge is 0.0837 e. The van der Waals surface area contributed by atoms with Gasteiger partial charge in [0.15, 0.2) is 3.79 Å². The zero-order chi connectivity index (χ0) is 11.1. The van der Waals surface area contributed by atoms with Crippen LogP contribution in [0.25, 0.3) is 0 Å². The Morgan fingerprint density at radius 1 is 0.733 bits per heavy atom. The lowest BCUT2D eigenvalue weighted by molar-refractivity contribution is 0.371. The highest BCUT2D eigenvalue weighted by Crippen LogP contribution is 2.37. The van der Waals surface area contributed by atoms with Gasteiger partial charge in [-0.1, -0.05) is 92.6 Å². The molecule has 0 amide bonds. The average Bonchev–Trinajstić information content (AvgIpc) is 2.13. The van der Waals surface area contributed by atoms with Crippen LogP contribution in [0.3, 0.4) is 0 Å². The summed E-state index contributed by atoms with van der Waals surface area (Å²) in [6.07, 6.45) is 12.7. The minimum Gasteiger partial charge on any atom is -0.0837 e. The highest BCUT2D eigenvalue weighted by molar-refractivity contribution is 6.67. The van der Waals surface area contributed by atoms with Crippen LogP contribution in [-0.4, -0.2) is 3.79 Å². The van der Waals surface area contributed by atoms with Crippen molar-refractivity contribution in [2.45, 2.75) is 68.0 Å². The van der Waals surface area contributed by atoms with Crippen LogP contribution in [0.4, 0.5) is 0 Å². The standard InChI is InChI=1S/C12H21Cl3/c13-12(14,15)10-11-8-6-4-2-1-3-5-7-9-11/h11H,1-10H2. The molecule has 0 bridgehead atoms. The summed E-state index contributed by atoms with van der Waals surface area (Å²) in [7, 11) is 0.